The molecule has 1 aromatic carbocycles. The molecule has 6 heteroatoms. The van der Waals surface area contributed by atoms with Crippen molar-refractivity contribution in [1.82, 2.24) is 4.90 Å². The summed E-state index contributed by atoms with van der Waals surface area (Å²) in [6.07, 6.45) is 1.29. The Hall–Kier alpha value is -1.14. The molecule has 0 bridgehead atoms. The fraction of sp³-hybridized carbons (Fsp3) is 0.167. The van der Waals surface area contributed by atoms with Crippen molar-refractivity contribution in [2.75, 3.05) is 14.1 Å². The third-order valence-corrected chi connectivity index (χ3v) is 3.22. The van der Waals surface area contributed by atoms with E-state index in [0.717, 1.165) is 0 Å². The first-order valence-electron chi connectivity index (χ1n) is 4.94. The van der Waals surface area contributed by atoms with E-state index in [-0.39, 0.29) is 5.57 Å². The summed E-state index contributed by atoms with van der Waals surface area (Å²) in [5, 5.41) is 9.07. The fourth-order valence-corrected chi connectivity index (χ4v) is 2.07. The highest BCUT2D eigenvalue weighted by molar-refractivity contribution is 9.11. The first-order valence-corrected chi connectivity index (χ1v) is 6.53. The van der Waals surface area contributed by atoms with Crippen LogP contribution in [-0.2, 0) is 4.79 Å². The van der Waals surface area contributed by atoms with Gasteiger partial charge in [0.15, 0.2) is 0 Å². The van der Waals surface area contributed by atoms with Crippen LogP contribution in [0.25, 0.3) is 0 Å². The maximum Gasteiger partial charge on any atom is 0.341 e. The number of rotatable bonds is 4. The van der Waals surface area contributed by atoms with E-state index in [1.165, 1.54) is 11.1 Å². The van der Waals surface area contributed by atoms with Crippen LogP contribution >= 0.6 is 31.9 Å². The Balaban J connectivity index is 3.27. The van der Waals surface area contributed by atoms with Gasteiger partial charge in [0.1, 0.15) is 5.57 Å². The number of ketones is 1. The van der Waals surface area contributed by atoms with Gasteiger partial charge in [0.25, 0.3) is 0 Å². The topological polar surface area (TPSA) is 57.6 Å². The van der Waals surface area contributed by atoms with Crippen LogP contribution in [0, 0.1) is 0 Å². The number of hydrogen-bond acceptors (Lipinski definition) is 3. The molecular formula is C12H11Br2NO3. The first-order chi connectivity index (χ1) is 8.32. The Kier molecular flexibility index (Phi) is 5.10. The SMILES string of the molecule is CN(C)/C=C(\C(=O)O)C(=O)c1cc(Br)ccc1Br. The summed E-state index contributed by atoms with van der Waals surface area (Å²) in [6, 6.07) is 5.03. The highest BCUT2D eigenvalue weighted by Gasteiger charge is 2.21. The highest BCUT2D eigenvalue weighted by Crippen LogP contribution is 2.24. The van der Waals surface area contributed by atoms with Crippen molar-refractivity contribution >= 4 is 43.6 Å². The van der Waals surface area contributed by atoms with Gasteiger partial charge in [-0.1, -0.05) is 31.9 Å². The van der Waals surface area contributed by atoms with Gasteiger partial charge in [-0.05, 0) is 18.2 Å². The van der Waals surface area contributed by atoms with E-state index < -0.39 is 11.8 Å². The second-order valence-electron chi connectivity index (χ2n) is 3.76. The number of carbonyl (C=O) groups is 2. The summed E-state index contributed by atoms with van der Waals surface area (Å²) in [6.45, 7) is 0. The van der Waals surface area contributed by atoms with Crippen molar-refractivity contribution in [2.24, 2.45) is 0 Å². The zero-order chi connectivity index (χ0) is 13.9. The highest BCUT2D eigenvalue weighted by atomic mass is 79.9. The second-order valence-corrected chi connectivity index (χ2v) is 5.53. The molecule has 0 atom stereocenters. The zero-order valence-corrected chi connectivity index (χ0v) is 12.9. The molecule has 0 radical (unpaired) electrons. The number of carboxylic acids is 1. The summed E-state index contributed by atoms with van der Waals surface area (Å²) in [5.41, 5.74) is 0.0266. The minimum Gasteiger partial charge on any atom is -0.477 e. The number of halogens is 2. The van der Waals surface area contributed by atoms with E-state index in [4.69, 9.17) is 5.11 Å². The Labute approximate surface area is 122 Å². The maximum absolute atomic E-state index is 12.2. The van der Waals surface area contributed by atoms with Gasteiger partial charge in [-0.15, -0.1) is 0 Å². The molecule has 0 aliphatic carbocycles. The van der Waals surface area contributed by atoms with Gasteiger partial charge in [-0.3, -0.25) is 4.79 Å². The Morgan fingerprint density at radius 1 is 1.28 bits per heavy atom. The molecule has 4 nitrogen and oxygen atoms in total. The Morgan fingerprint density at radius 3 is 2.39 bits per heavy atom. The van der Waals surface area contributed by atoms with E-state index in [9.17, 15) is 9.59 Å². The fourth-order valence-electron chi connectivity index (χ4n) is 1.29. The number of carboxylic acid groups (broad SMARTS) is 1. The van der Waals surface area contributed by atoms with Crippen LogP contribution in [0.2, 0.25) is 0 Å². The Bertz CT molecular complexity index is 524. The second kappa shape index (κ2) is 6.15. The number of aliphatic carboxylic acids is 1. The van der Waals surface area contributed by atoms with Crippen LogP contribution in [0.15, 0.2) is 38.9 Å². The molecule has 0 fully saturated rings. The number of Topliss-reactive ketones (excluding diaryl/α,β-unsaturated/α-hetero) is 1. The lowest BCUT2D eigenvalue weighted by molar-refractivity contribution is -0.132. The predicted molar refractivity (Wildman–Crippen MR) is 75.6 cm³/mol. The summed E-state index contributed by atoms with van der Waals surface area (Å²) in [5.74, 6) is -1.79. The molecule has 0 heterocycles. The normalized spacial score (nSPS) is 11.2. The van der Waals surface area contributed by atoms with Crippen LogP contribution in [-0.4, -0.2) is 35.9 Å². The van der Waals surface area contributed by atoms with Crippen LogP contribution in [0.5, 0.6) is 0 Å². The van der Waals surface area contributed by atoms with Crippen molar-refractivity contribution < 1.29 is 14.7 Å². The molecular weight excluding hydrogens is 366 g/mol. The van der Waals surface area contributed by atoms with Crippen LogP contribution in [0.3, 0.4) is 0 Å². The van der Waals surface area contributed by atoms with Crippen LogP contribution < -0.4 is 0 Å². The van der Waals surface area contributed by atoms with Gasteiger partial charge < -0.3 is 10.0 Å². The quantitative estimate of drug-likeness (QED) is 0.380. The van der Waals surface area contributed by atoms with Crippen molar-refractivity contribution in [3.63, 3.8) is 0 Å². The molecule has 0 unspecified atom stereocenters. The summed E-state index contributed by atoms with van der Waals surface area (Å²) in [7, 11) is 3.32. The average Bonchev–Trinajstić information content (AvgIpc) is 2.27. The van der Waals surface area contributed by atoms with Gasteiger partial charge in [0.05, 0.1) is 0 Å². The lowest BCUT2D eigenvalue weighted by atomic mass is 10.0. The Morgan fingerprint density at radius 2 is 1.89 bits per heavy atom. The molecule has 1 rings (SSSR count). The summed E-state index contributed by atoms with van der Waals surface area (Å²) in [4.78, 5) is 24.8. The molecule has 0 amide bonds. The average molecular weight is 377 g/mol. The van der Waals surface area contributed by atoms with Crippen molar-refractivity contribution in [2.45, 2.75) is 0 Å². The number of benzene rings is 1. The van der Waals surface area contributed by atoms with Crippen molar-refractivity contribution in [3.8, 4) is 0 Å². The monoisotopic (exact) mass is 375 g/mol. The molecule has 0 saturated carbocycles. The summed E-state index contributed by atoms with van der Waals surface area (Å²) < 4.78 is 1.27. The number of carbonyl (C=O) groups excluding carboxylic acids is 1. The molecule has 18 heavy (non-hydrogen) atoms. The van der Waals surface area contributed by atoms with Crippen molar-refractivity contribution in [1.29, 1.82) is 0 Å². The van der Waals surface area contributed by atoms with Gasteiger partial charge in [0.2, 0.25) is 5.78 Å². The van der Waals surface area contributed by atoms with Crippen LogP contribution in [0.4, 0.5) is 0 Å². The lowest BCUT2D eigenvalue weighted by Gasteiger charge is -2.09. The third kappa shape index (κ3) is 3.68. The lowest BCUT2D eigenvalue weighted by Crippen LogP contribution is -2.17. The van der Waals surface area contributed by atoms with Gasteiger partial charge in [-0.2, -0.15) is 0 Å². The minimum absolute atomic E-state index is 0.279. The van der Waals surface area contributed by atoms with Gasteiger partial charge >= 0.3 is 5.97 Å². The summed E-state index contributed by atoms with van der Waals surface area (Å²) >= 11 is 6.49. The van der Waals surface area contributed by atoms with Crippen LogP contribution in [0.1, 0.15) is 10.4 Å². The molecule has 0 aliphatic heterocycles. The number of nitrogens with zero attached hydrogens (tertiary/aromatic N) is 1. The molecule has 0 aliphatic rings. The van der Waals surface area contributed by atoms with E-state index in [0.29, 0.717) is 14.5 Å². The first kappa shape index (κ1) is 14.9. The predicted octanol–water partition coefficient (Wildman–Crippen LogP) is 2.92. The molecule has 0 saturated heterocycles. The number of hydrogen-bond donors (Lipinski definition) is 1. The van der Waals surface area contributed by atoms with Gasteiger partial charge in [0, 0.05) is 34.8 Å². The standard InChI is InChI=1S/C12H11Br2NO3/c1-15(2)6-9(12(17)18)11(16)8-5-7(13)3-4-10(8)14/h3-6H,1-2H3,(H,17,18)/b9-6-. The maximum atomic E-state index is 12.2. The molecule has 0 aromatic heterocycles. The van der Waals surface area contributed by atoms with Crippen molar-refractivity contribution in [3.05, 3.63) is 44.5 Å². The third-order valence-electron chi connectivity index (χ3n) is 2.04. The molecule has 1 aromatic rings. The zero-order valence-electron chi connectivity index (χ0n) is 9.78. The van der Waals surface area contributed by atoms with Gasteiger partial charge in [-0.25, -0.2) is 4.79 Å². The smallest absolute Gasteiger partial charge is 0.341 e. The van der Waals surface area contributed by atoms with E-state index >= 15 is 0 Å². The van der Waals surface area contributed by atoms with E-state index in [1.807, 2.05) is 0 Å². The molecule has 1 N–H and O–H groups in total. The largest absolute Gasteiger partial charge is 0.477 e. The molecule has 96 valence electrons. The molecule has 0 spiro atoms. The van der Waals surface area contributed by atoms with E-state index in [2.05, 4.69) is 31.9 Å². The van der Waals surface area contributed by atoms with E-state index in [1.54, 1.807) is 32.3 Å². The minimum atomic E-state index is -1.25.